The van der Waals surface area contributed by atoms with Crippen LogP contribution in [0.15, 0.2) is 5.10 Å². The van der Waals surface area contributed by atoms with Gasteiger partial charge < -0.3 is 5.11 Å². The first kappa shape index (κ1) is 5.43. The van der Waals surface area contributed by atoms with E-state index in [1.807, 2.05) is 0 Å². The quantitative estimate of drug-likeness (QED) is 0.513. The van der Waals surface area contributed by atoms with E-state index in [9.17, 15) is 4.79 Å². The standard InChI is InChI=1S/C3H4N2O2S/c6-3(7)2-5-4-1-8-2/h1-2,5H,(H,6,7)/t2-/m1/s1. The van der Waals surface area contributed by atoms with Gasteiger partial charge in [0.25, 0.3) is 0 Å². The fourth-order valence-corrected chi connectivity index (χ4v) is 0.815. The van der Waals surface area contributed by atoms with Crippen molar-refractivity contribution in [3.63, 3.8) is 0 Å². The van der Waals surface area contributed by atoms with Crippen molar-refractivity contribution >= 4 is 23.3 Å². The van der Waals surface area contributed by atoms with Crippen LogP contribution in [-0.2, 0) is 4.79 Å². The van der Waals surface area contributed by atoms with Gasteiger partial charge in [-0.1, -0.05) is 11.8 Å². The van der Waals surface area contributed by atoms with Crippen LogP contribution >= 0.6 is 11.8 Å². The predicted molar refractivity (Wildman–Crippen MR) is 30.6 cm³/mol. The lowest BCUT2D eigenvalue weighted by Crippen LogP contribution is -2.25. The Bertz CT molecular complexity index is 127. The highest BCUT2D eigenvalue weighted by Crippen LogP contribution is 2.08. The molecular formula is C3H4N2O2S. The summed E-state index contributed by atoms with van der Waals surface area (Å²) in [4.78, 5) is 10.0. The third-order valence-corrected chi connectivity index (χ3v) is 1.47. The summed E-state index contributed by atoms with van der Waals surface area (Å²) in [5.74, 6) is -0.882. The first-order valence-electron chi connectivity index (χ1n) is 1.96. The van der Waals surface area contributed by atoms with E-state index in [0.29, 0.717) is 0 Å². The zero-order valence-electron chi connectivity index (χ0n) is 3.87. The number of rotatable bonds is 1. The Morgan fingerprint density at radius 3 is 3.00 bits per heavy atom. The highest BCUT2D eigenvalue weighted by Gasteiger charge is 2.18. The van der Waals surface area contributed by atoms with Gasteiger partial charge in [-0.05, 0) is 0 Å². The van der Waals surface area contributed by atoms with Gasteiger partial charge in [0.05, 0.1) is 5.55 Å². The molecular weight excluding hydrogens is 128 g/mol. The molecule has 44 valence electrons. The van der Waals surface area contributed by atoms with Gasteiger partial charge in [-0.15, -0.1) is 0 Å². The highest BCUT2D eigenvalue weighted by atomic mass is 32.2. The van der Waals surface area contributed by atoms with Gasteiger partial charge >= 0.3 is 5.97 Å². The van der Waals surface area contributed by atoms with E-state index in [-0.39, 0.29) is 0 Å². The lowest BCUT2D eigenvalue weighted by molar-refractivity contribution is -0.136. The Balaban J connectivity index is 2.41. The van der Waals surface area contributed by atoms with Gasteiger partial charge in [-0.2, -0.15) is 5.10 Å². The number of carbonyl (C=O) groups is 1. The van der Waals surface area contributed by atoms with E-state index in [1.54, 1.807) is 0 Å². The summed E-state index contributed by atoms with van der Waals surface area (Å²) in [6, 6.07) is 0. The second kappa shape index (κ2) is 2.04. The van der Waals surface area contributed by atoms with Crippen LogP contribution in [0.2, 0.25) is 0 Å². The van der Waals surface area contributed by atoms with Gasteiger partial charge in [0.2, 0.25) is 0 Å². The molecule has 0 spiro atoms. The van der Waals surface area contributed by atoms with Gasteiger partial charge in [-0.3, -0.25) is 5.43 Å². The van der Waals surface area contributed by atoms with Crippen LogP contribution in [0, 0.1) is 0 Å². The summed E-state index contributed by atoms with van der Waals surface area (Å²) in [7, 11) is 0. The number of carboxylic acids is 1. The molecule has 2 N–H and O–H groups in total. The highest BCUT2D eigenvalue weighted by molar-refractivity contribution is 8.13. The fraction of sp³-hybridized carbons (Fsp3) is 0.333. The average Bonchev–Trinajstić information content (AvgIpc) is 2.12. The maximum atomic E-state index is 10.0. The maximum absolute atomic E-state index is 10.0. The third kappa shape index (κ3) is 0.919. The van der Waals surface area contributed by atoms with Gasteiger partial charge in [0.15, 0.2) is 5.37 Å². The number of hydrazone groups is 1. The van der Waals surface area contributed by atoms with Crippen LogP contribution < -0.4 is 5.43 Å². The van der Waals surface area contributed by atoms with Crippen molar-refractivity contribution in [3.05, 3.63) is 0 Å². The van der Waals surface area contributed by atoms with E-state index in [0.717, 1.165) is 11.8 Å². The number of carboxylic acid groups (broad SMARTS) is 1. The van der Waals surface area contributed by atoms with Gasteiger partial charge in [0.1, 0.15) is 0 Å². The maximum Gasteiger partial charge on any atom is 0.338 e. The number of nitrogens with one attached hydrogen (secondary N) is 1. The van der Waals surface area contributed by atoms with Gasteiger partial charge in [0, 0.05) is 0 Å². The van der Waals surface area contributed by atoms with Crippen LogP contribution in [0.1, 0.15) is 0 Å². The summed E-state index contributed by atoms with van der Waals surface area (Å²) in [5.41, 5.74) is 3.86. The molecule has 0 saturated carbocycles. The van der Waals surface area contributed by atoms with E-state index < -0.39 is 11.3 Å². The van der Waals surface area contributed by atoms with Crippen LogP contribution in [0.5, 0.6) is 0 Å². The lowest BCUT2D eigenvalue weighted by Gasteiger charge is -1.98. The Hall–Kier alpha value is -0.710. The molecule has 0 radical (unpaired) electrons. The van der Waals surface area contributed by atoms with E-state index in [2.05, 4.69) is 10.5 Å². The number of thioether (sulfide) groups is 1. The third-order valence-electron chi connectivity index (χ3n) is 0.666. The van der Waals surface area contributed by atoms with Crippen LogP contribution in [-0.4, -0.2) is 22.0 Å². The monoisotopic (exact) mass is 132 g/mol. The zero-order valence-corrected chi connectivity index (χ0v) is 4.68. The normalized spacial score (nSPS) is 25.2. The zero-order chi connectivity index (χ0) is 5.98. The minimum atomic E-state index is -0.882. The number of aliphatic carboxylic acids is 1. The summed E-state index contributed by atoms with van der Waals surface area (Å²) in [6.07, 6.45) is 0. The van der Waals surface area contributed by atoms with E-state index in [4.69, 9.17) is 5.11 Å². The van der Waals surface area contributed by atoms with Crippen molar-refractivity contribution in [2.45, 2.75) is 5.37 Å². The summed E-state index contributed by atoms with van der Waals surface area (Å²) in [5, 5.41) is 11.2. The second-order valence-electron chi connectivity index (χ2n) is 1.22. The molecule has 0 unspecified atom stereocenters. The summed E-state index contributed by atoms with van der Waals surface area (Å²) >= 11 is 1.15. The molecule has 1 aliphatic heterocycles. The Labute approximate surface area is 50.0 Å². The molecule has 0 aromatic heterocycles. The topological polar surface area (TPSA) is 61.7 Å². The van der Waals surface area contributed by atoms with E-state index in [1.165, 1.54) is 5.55 Å². The smallest absolute Gasteiger partial charge is 0.338 e. The van der Waals surface area contributed by atoms with Gasteiger partial charge in [-0.25, -0.2) is 4.79 Å². The minimum Gasteiger partial charge on any atom is -0.479 e. The molecule has 1 heterocycles. The molecule has 1 atom stereocenters. The first-order chi connectivity index (χ1) is 3.80. The minimum absolute atomic E-state index is 0.574. The lowest BCUT2D eigenvalue weighted by atomic mass is 10.7. The largest absolute Gasteiger partial charge is 0.479 e. The van der Waals surface area contributed by atoms with Crippen molar-refractivity contribution in [1.82, 2.24) is 5.43 Å². The molecule has 4 nitrogen and oxygen atoms in total. The van der Waals surface area contributed by atoms with Crippen molar-refractivity contribution < 1.29 is 9.90 Å². The molecule has 1 rings (SSSR count). The van der Waals surface area contributed by atoms with Crippen LogP contribution in [0.3, 0.4) is 0 Å². The molecule has 0 aliphatic carbocycles. The van der Waals surface area contributed by atoms with Crippen molar-refractivity contribution in [2.24, 2.45) is 5.10 Å². The molecule has 1 aliphatic rings. The SMILES string of the molecule is O=C(O)[C@@H]1NN=CS1. The molecule has 0 aromatic carbocycles. The Morgan fingerprint density at radius 1 is 2.00 bits per heavy atom. The van der Waals surface area contributed by atoms with Crippen molar-refractivity contribution in [1.29, 1.82) is 0 Å². The van der Waals surface area contributed by atoms with Crippen molar-refractivity contribution in [2.75, 3.05) is 0 Å². The Morgan fingerprint density at radius 2 is 2.75 bits per heavy atom. The average molecular weight is 132 g/mol. The molecule has 8 heavy (non-hydrogen) atoms. The molecule has 5 heteroatoms. The first-order valence-corrected chi connectivity index (χ1v) is 2.90. The van der Waals surface area contributed by atoms with Crippen molar-refractivity contribution in [3.8, 4) is 0 Å². The second-order valence-corrected chi connectivity index (χ2v) is 2.17. The number of hydrogen-bond acceptors (Lipinski definition) is 4. The molecule has 0 bridgehead atoms. The number of nitrogens with zero attached hydrogens (tertiary/aromatic N) is 1. The summed E-state index contributed by atoms with van der Waals surface area (Å²) < 4.78 is 0. The fourth-order valence-electron chi connectivity index (χ4n) is 0.333. The van der Waals surface area contributed by atoms with Crippen LogP contribution in [0.4, 0.5) is 0 Å². The molecule has 0 aromatic rings. The molecule has 0 amide bonds. The Kier molecular flexibility index (Phi) is 1.38. The number of hydrogen-bond donors (Lipinski definition) is 2. The summed E-state index contributed by atoms with van der Waals surface area (Å²) in [6.45, 7) is 0. The van der Waals surface area contributed by atoms with E-state index >= 15 is 0 Å². The van der Waals surface area contributed by atoms with Crippen LogP contribution in [0.25, 0.3) is 0 Å². The molecule has 0 saturated heterocycles. The predicted octanol–water partition coefficient (Wildman–Crippen LogP) is -0.323. The molecule has 0 fully saturated rings.